The normalized spacial score (nSPS) is 10.9. The highest BCUT2D eigenvalue weighted by molar-refractivity contribution is 6.38. The minimum Gasteiger partial charge on any atom is -0.469 e. The molecule has 25 heavy (non-hydrogen) atoms. The van der Waals surface area contributed by atoms with Crippen LogP contribution >= 0.6 is 0 Å². The molecule has 0 saturated heterocycles. The van der Waals surface area contributed by atoms with E-state index in [2.05, 4.69) is 14.8 Å². The average Bonchev–Trinajstić information content (AvgIpc) is 2.60. The maximum Gasteiger partial charge on any atom is 0.331 e. The predicted octanol–water partition coefficient (Wildman–Crippen LogP) is -0.0765. The van der Waals surface area contributed by atoms with Gasteiger partial charge in [0.2, 0.25) is 5.78 Å². The van der Waals surface area contributed by atoms with Crippen LogP contribution in [0.15, 0.2) is 12.2 Å². The predicted molar refractivity (Wildman–Crippen MR) is 85.2 cm³/mol. The number of carbonyl (C=O) groups excluding carboxylic acids is 5. The molecule has 1 N–H and O–H groups in total. The van der Waals surface area contributed by atoms with E-state index in [0.29, 0.717) is 6.42 Å². The van der Waals surface area contributed by atoms with Crippen molar-refractivity contribution in [1.29, 1.82) is 0 Å². The number of nitrogens with one attached hydrogen (secondary N) is 1. The van der Waals surface area contributed by atoms with Crippen molar-refractivity contribution in [2.24, 2.45) is 5.41 Å². The summed E-state index contributed by atoms with van der Waals surface area (Å²) in [6, 6.07) is 0. The number of amides is 1. The van der Waals surface area contributed by atoms with E-state index >= 15 is 0 Å². The molecule has 0 saturated carbocycles. The Hall–Kier alpha value is -2.71. The maximum absolute atomic E-state index is 12.1. The van der Waals surface area contributed by atoms with E-state index in [-0.39, 0.29) is 19.6 Å². The van der Waals surface area contributed by atoms with Crippen molar-refractivity contribution in [2.75, 3.05) is 27.4 Å². The van der Waals surface area contributed by atoms with Gasteiger partial charge in [0.1, 0.15) is 6.61 Å². The fourth-order valence-electron chi connectivity index (χ4n) is 1.49. The van der Waals surface area contributed by atoms with Gasteiger partial charge in [0.15, 0.2) is 0 Å². The van der Waals surface area contributed by atoms with Crippen LogP contribution in [0.25, 0.3) is 0 Å². The topological polar surface area (TPSA) is 125 Å². The van der Waals surface area contributed by atoms with Gasteiger partial charge in [-0.15, -0.1) is 0 Å². The number of ketones is 1. The fraction of sp³-hybridized carbons (Fsp3) is 0.562. The van der Waals surface area contributed by atoms with Crippen molar-refractivity contribution >= 4 is 29.6 Å². The molecule has 0 aromatic heterocycles. The van der Waals surface area contributed by atoms with Crippen molar-refractivity contribution in [1.82, 2.24) is 5.32 Å². The number of ether oxygens (including phenoxy) is 3. The molecule has 0 radical (unpaired) electrons. The Morgan fingerprint density at radius 1 is 0.960 bits per heavy atom. The molecule has 0 aromatic carbocycles. The van der Waals surface area contributed by atoms with Gasteiger partial charge in [0.05, 0.1) is 19.6 Å². The summed E-state index contributed by atoms with van der Waals surface area (Å²) in [5.74, 6) is -3.58. The number of hydrogen-bond donors (Lipinski definition) is 1. The third-order valence-corrected chi connectivity index (χ3v) is 3.02. The van der Waals surface area contributed by atoms with Crippen LogP contribution in [-0.4, -0.2) is 57.0 Å². The lowest BCUT2D eigenvalue weighted by Crippen LogP contribution is -2.42. The average molecular weight is 357 g/mol. The Morgan fingerprint density at radius 3 is 2.12 bits per heavy atom. The van der Waals surface area contributed by atoms with Gasteiger partial charge >= 0.3 is 17.9 Å². The zero-order valence-corrected chi connectivity index (χ0v) is 14.7. The zero-order valence-electron chi connectivity index (χ0n) is 14.7. The third kappa shape index (κ3) is 9.23. The molecule has 0 aliphatic heterocycles. The second-order valence-corrected chi connectivity index (χ2v) is 5.61. The van der Waals surface area contributed by atoms with Gasteiger partial charge in [-0.25, -0.2) is 9.59 Å². The van der Waals surface area contributed by atoms with Crippen LogP contribution in [0.4, 0.5) is 0 Å². The first-order valence-electron chi connectivity index (χ1n) is 7.46. The molecule has 0 spiro atoms. The molecule has 0 unspecified atom stereocenters. The molecule has 0 aromatic rings. The summed E-state index contributed by atoms with van der Waals surface area (Å²) in [6.45, 7) is 2.69. The number of hydrogen-bond acceptors (Lipinski definition) is 8. The van der Waals surface area contributed by atoms with Crippen LogP contribution in [0.1, 0.15) is 26.7 Å². The number of methoxy groups -OCH3 is 2. The smallest absolute Gasteiger partial charge is 0.331 e. The Balaban J connectivity index is 4.36. The van der Waals surface area contributed by atoms with Crippen LogP contribution in [0.5, 0.6) is 0 Å². The Morgan fingerprint density at radius 2 is 1.56 bits per heavy atom. The highest BCUT2D eigenvalue weighted by atomic mass is 16.5. The van der Waals surface area contributed by atoms with E-state index in [1.54, 1.807) is 0 Å². The second-order valence-electron chi connectivity index (χ2n) is 5.61. The lowest BCUT2D eigenvalue weighted by atomic mass is 9.88. The van der Waals surface area contributed by atoms with Crippen LogP contribution in [0.3, 0.4) is 0 Å². The first kappa shape index (κ1) is 22.3. The number of carbonyl (C=O) groups is 5. The molecule has 0 aliphatic carbocycles. The molecule has 0 atom stereocenters. The lowest BCUT2D eigenvalue weighted by Gasteiger charge is -2.21. The van der Waals surface area contributed by atoms with Gasteiger partial charge in [-0.2, -0.15) is 0 Å². The summed E-state index contributed by atoms with van der Waals surface area (Å²) in [5, 5.41) is 2.39. The van der Waals surface area contributed by atoms with Crippen LogP contribution in [0, 0.1) is 5.41 Å². The molecule has 9 heteroatoms. The van der Waals surface area contributed by atoms with Crippen molar-refractivity contribution in [3.63, 3.8) is 0 Å². The first-order chi connectivity index (χ1) is 11.6. The standard InChI is InChI=1S/C16H23NO8/c1-16(2,10-25-13(20)8-7-12(19)24-4)14(21)15(22)17-9-5-6-11(18)23-3/h7-8H,5-6,9-10H2,1-4H3,(H,17,22)/b8-7+. The molecular formula is C16H23NO8. The van der Waals surface area contributed by atoms with E-state index in [0.717, 1.165) is 19.3 Å². The minimum atomic E-state index is -1.25. The molecule has 1 amide bonds. The van der Waals surface area contributed by atoms with Gasteiger partial charge in [-0.1, -0.05) is 0 Å². The highest BCUT2D eigenvalue weighted by Gasteiger charge is 2.34. The van der Waals surface area contributed by atoms with Crippen LogP contribution in [0.2, 0.25) is 0 Å². The number of esters is 3. The third-order valence-electron chi connectivity index (χ3n) is 3.02. The molecule has 140 valence electrons. The van der Waals surface area contributed by atoms with Crippen molar-refractivity contribution in [3.05, 3.63) is 12.2 Å². The SMILES string of the molecule is COC(=O)/C=C/C(=O)OCC(C)(C)C(=O)C(=O)NCCCC(=O)OC. The van der Waals surface area contributed by atoms with Gasteiger partial charge in [0, 0.05) is 25.1 Å². The van der Waals surface area contributed by atoms with E-state index in [1.165, 1.54) is 21.0 Å². The quantitative estimate of drug-likeness (QED) is 0.189. The molecule has 0 fully saturated rings. The van der Waals surface area contributed by atoms with Gasteiger partial charge < -0.3 is 19.5 Å². The van der Waals surface area contributed by atoms with E-state index in [9.17, 15) is 24.0 Å². The van der Waals surface area contributed by atoms with E-state index in [1.807, 2.05) is 0 Å². The zero-order chi connectivity index (χ0) is 19.5. The summed E-state index contributed by atoms with van der Waals surface area (Å²) in [5.41, 5.74) is -1.25. The molecular weight excluding hydrogens is 334 g/mol. The second kappa shape index (κ2) is 11.0. The fourth-order valence-corrected chi connectivity index (χ4v) is 1.49. The monoisotopic (exact) mass is 357 g/mol. The molecule has 0 heterocycles. The van der Waals surface area contributed by atoms with Gasteiger partial charge in [-0.05, 0) is 20.3 Å². The highest BCUT2D eigenvalue weighted by Crippen LogP contribution is 2.17. The van der Waals surface area contributed by atoms with Crippen LogP contribution in [-0.2, 0) is 38.2 Å². The summed E-state index contributed by atoms with van der Waals surface area (Å²) in [4.78, 5) is 57.1. The van der Waals surface area contributed by atoms with Crippen molar-refractivity contribution in [2.45, 2.75) is 26.7 Å². The maximum atomic E-state index is 12.1. The first-order valence-corrected chi connectivity index (χ1v) is 7.46. The Kier molecular flexibility index (Phi) is 9.76. The van der Waals surface area contributed by atoms with Crippen molar-refractivity contribution < 1.29 is 38.2 Å². The summed E-state index contributed by atoms with van der Waals surface area (Å²) in [6.07, 6.45) is 2.20. The summed E-state index contributed by atoms with van der Waals surface area (Å²) >= 11 is 0. The number of Topliss-reactive ketones (excluding diaryl/α,β-unsaturated/α-hetero) is 1. The van der Waals surface area contributed by atoms with Gasteiger partial charge in [-0.3, -0.25) is 14.4 Å². The Bertz CT molecular complexity index is 550. The molecule has 0 aliphatic rings. The Labute approximate surface area is 145 Å². The van der Waals surface area contributed by atoms with Crippen molar-refractivity contribution in [3.8, 4) is 0 Å². The van der Waals surface area contributed by atoms with Gasteiger partial charge in [0.25, 0.3) is 5.91 Å². The largest absolute Gasteiger partial charge is 0.469 e. The molecule has 0 bridgehead atoms. The molecule has 9 nitrogen and oxygen atoms in total. The number of rotatable bonds is 10. The van der Waals surface area contributed by atoms with Crippen LogP contribution < -0.4 is 5.32 Å². The lowest BCUT2D eigenvalue weighted by molar-refractivity contribution is -0.149. The van der Waals surface area contributed by atoms with E-state index in [4.69, 9.17) is 4.74 Å². The summed E-state index contributed by atoms with van der Waals surface area (Å²) < 4.78 is 13.6. The minimum absolute atomic E-state index is 0.124. The summed E-state index contributed by atoms with van der Waals surface area (Å²) in [7, 11) is 2.41. The molecule has 0 rings (SSSR count). The van der Waals surface area contributed by atoms with E-state index < -0.39 is 35.0 Å².